The van der Waals surface area contributed by atoms with E-state index >= 15 is 0 Å². The molecule has 0 bridgehead atoms. The average Bonchev–Trinajstić information content (AvgIpc) is 2.98. The number of fused-ring (bicyclic) bond motifs is 2. The van der Waals surface area contributed by atoms with Crippen LogP contribution in [0.15, 0.2) is 23.5 Å². The summed E-state index contributed by atoms with van der Waals surface area (Å²) in [6, 6.07) is 1.41. The fourth-order valence-electron chi connectivity index (χ4n) is 3.61. The number of carboxylic acids is 1. The lowest BCUT2D eigenvalue weighted by Crippen LogP contribution is -2.69. The first kappa shape index (κ1) is 15.5. The lowest BCUT2D eigenvalue weighted by molar-refractivity contribution is -0.768. The van der Waals surface area contributed by atoms with E-state index in [-0.39, 0.29) is 17.0 Å². The van der Waals surface area contributed by atoms with Gasteiger partial charge < -0.3 is 20.5 Å². The van der Waals surface area contributed by atoms with Gasteiger partial charge >= 0.3 is 0 Å². The molecule has 1 fully saturated rings. The average molecular weight is 349 g/mol. The van der Waals surface area contributed by atoms with Crippen LogP contribution in [-0.2, 0) is 22.7 Å². The number of anilines is 1. The van der Waals surface area contributed by atoms with E-state index in [9.17, 15) is 14.7 Å². The van der Waals surface area contributed by atoms with Gasteiger partial charge in [0.15, 0.2) is 18.6 Å². The van der Waals surface area contributed by atoms with Crippen molar-refractivity contribution in [2.24, 2.45) is 5.73 Å². The van der Waals surface area contributed by atoms with Crippen LogP contribution in [-0.4, -0.2) is 52.2 Å². The summed E-state index contributed by atoms with van der Waals surface area (Å²) in [5.74, 6) is -0.000747. The highest BCUT2D eigenvalue weighted by molar-refractivity contribution is 8.00. The maximum absolute atomic E-state index is 12.0. The molecule has 1 aromatic heterocycles. The molecule has 0 radical (unpaired) electrons. The molecular formula is C15H19N5O3S. The van der Waals surface area contributed by atoms with E-state index in [1.807, 2.05) is 24.0 Å². The Morgan fingerprint density at radius 1 is 1.50 bits per heavy atom. The molecule has 1 amide bonds. The SMILES string of the molecule is CN1CCCn2c1cc[n+]2CC1=C(C(=O)[O-])N2C(=O)[C@@H](N)[C@H]2SC1. The maximum atomic E-state index is 12.0. The van der Waals surface area contributed by atoms with Crippen molar-refractivity contribution in [2.45, 2.75) is 30.9 Å². The molecule has 3 aliphatic rings. The zero-order valence-electron chi connectivity index (χ0n) is 13.3. The van der Waals surface area contributed by atoms with E-state index in [1.54, 1.807) is 0 Å². The Morgan fingerprint density at radius 2 is 2.29 bits per heavy atom. The van der Waals surface area contributed by atoms with Crippen LogP contribution in [0.2, 0.25) is 0 Å². The Hall–Kier alpha value is -2.00. The number of thioether (sulfide) groups is 1. The Labute approximate surface area is 143 Å². The summed E-state index contributed by atoms with van der Waals surface area (Å²) in [6.45, 7) is 2.33. The van der Waals surface area contributed by atoms with Crippen molar-refractivity contribution in [3.8, 4) is 0 Å². The minimum atomic E-state index is -1.31. The van der Waals surface area contributed by atoms with Gasteiger partial charge in [-0.1, -0.05) is 0 Å². The van der Waals surface area contributed by atoms with Gasteiger partial charge in [-0.25, -0.2) is 0 Å². The van der Waals surface area contributed by atoms with Crippen molar-refractivity contribution in [1.29, 1.82) is 0 Å². The summed E-state index contributed by atoms with van der Waals surface area (Å²) in [4.78, 5) is 27.1. The number of amides is 1. The summed E-state index contributed by atoms with van der Waals surface area (Å²) in [6.07, 6.45) is 3.00. The Balaban J connectivity index is 1.68. The molecule has 0 saturated carbocycles. The zero-order valence-corrected chi connectivity index (χ0v) is 14.2. The van der Waals surface area contributed by atoms with Crippen molar-refractivity contribution in [3.63, 3.8) is 0 Å². The normalized spacial score (nSPS) is 26.2. The largest absolute Gasteiger partial charge is 0.543 e. The lowest BCUT2D eigenvalue weighted by atomic mass is 10.0. The Bertz CT molecular complexity index is 758. The number of carboxylic acid groups (broad SMARTS) is 1. The molecule has 128 valence electrons. The van der Waals surface area contributed by atoms with Crippen LogP contribution >= 0.6 is 11.8 Å². The smallest absolute Gasteiger partial charge is 0.248 e. The van der Waals surface area contributed by atoms with E-state index in [4.69, 9.17) is 5.73 Å². The second kappa shape index (κ2) is 5.52. The number of rotatable bonds is 3. The van der Waals surface area contributed by atoms with Crippen molar-refractivity contribution in [3.05, 3.63) is 23.5 Å². The first-order chi connectivity index (χ1) is 11.5. The summed E-state index contributed by atoms with van der Waals surface area (Å²) >= 11 is 1.51. The second-order valence-corrected chi connectivity index (χ2v) is 7.45. The third kappa shape index (κ3) is 2.15. The second-order valence-electron chi connectivity index (χ2n) is 6.34. The van der Waals surface area contributed by atoms with Crippen LogP contribution in [0.25, 0.3) is 0 Å². The monoisotopic (exact) mass is 349 g/mol. The predicted octanol–water partition coefficient (Wildman–Crippen LogP) is -2.14. The zero-order chi connectivity index (χ0) is 17.0. The van der Waals surface area contributed by atoms with Crippen molar-refractivity contribution >= 4 is 29.5 Å². The molecule has 8 nitrogen and oxygen atoms in total. The van der Waals surface area contributed by atoms with Gasteiger partial charge in [-0.2, -0.15) is 0 Å². The molecular weight excluding hydrogens is 330 g/mol. The van der Waals surface area contributed by atoms with Crippen LogP contribution < -0.4 is 20.4 Å². The van der Waals surface area contributed by atoms with E-state index < -0.39 is 12.0 Å². The fraction of sp³-hybridized carbons (Fsp3) is 0.533. The van der Waals surface area contributed by atoms with E-state index in [1.165, 1.54) is 16.7 Å². The number of β-lactam (4-membered cyclic amide) rings is 1. The van der Waals surface area contributed by atoms with Crippen LogP contribution in [0.1, 0.15) is 6.42 Å². The van der Waals surface area contributed by atoms with Gasteiger partial charge in [0.1, 0.15) is 11.4 Å². The minimum Gasteiger partial charge on any atom is -0.543 e. The van der Waals surface area contributed by atoms with Crippen LogP contribution in [0, 0.1) is 0 Å². The number of nitrogens with two attached hydrogens (primary N) is 1. The Kier molecular flexibility index (Phi) is 3.57. The van der Waals surface area contributed by atoms with Gasteiger partial charge in [0.25, 0.3) is 0 Å². The van der Waals surface area contributed by atoms with Gasteiger partial charge in [-0.15, -0.1) is 21.1 Å². The molecule has 0 unspecified atom stereocenters. The van der Waals surface area contributed by atoms with Gasteiger partial charge in [-0.05, 0) is 6.42 Å². The van der Waals surface area contributed by atoms with E-state index in [0.717, 1.165) is 25.3 Å². The first-order valence-electron chi connectivity index (χ1n) is 7.93. The van der Waals surface area contributed by atoms with E-state index in [0.29, 0.717) is 17.9 Å². The molecule has 4 rings (SSSR count). The quantitative estimate of drug-likeness (QED) is 0.494. The number of nitrogens with zero attached hydrogens (tertiary/aromatic N) is 4. The van der Waals surface area contributed by atoms with Gasteiger partial charge in [0, 0.05) is 24.9 Å². The maximum Gasteiger partial charge on any atom is 0.248 e. The molecule has 0 spiro atoms. The van der Waals surface area contributed by atoms with Crippen molar-refractivity contribution in [2.75, 3.05) is 24.2 Å². The van der Waals surface area contributed by atoms with Crippen LogP contribution in [0.5, 0.6) is 0 Å². The summed E-state index contributed by atoms with van der Waals surface area (Å²) in [5, 5.41) is 11.4. The van der Waals surface area contributed by atoms with Crippen molar-refractivity contribution < 1.29 is 19.4 Å². The molecule has 4 heterocycles. The standard InChI is InChI=1S/C15H19N5O3S/c1-17-4-2-5-19-10(17)3-6-18(19)7-9-8-24-14-11(16)13(21)20(14)12(9)15(22)23/h3,6,11,14H,2,4-5,7-8,16H2,1H3/t11-,14-/m1/s1. The first-order valence-corrected chi connectivity index (χ1v) is 8.98. The molecule has 2 N–H and O–H groups in total. The van der Waals surface area contributed by atoms with Gasteiger partial charge in [-0.3, -0.25) is 9.69 Å². The van der Waals surface area contributed by atoms with Gasteiger partial charge in [0.05, 0.1) is 24.3 Å². The molecule has 3 aliphatic heterocycles. The number of aliphatic carboxylic acids is 1. The highest BCUT2D eigenvalue weighted by Gasteiger charge is 2.50. The third-order valence-corrected chi connectivity index (χ3v) is 6.22. The molecule has 9 heteroatoms. The van der Waals surface area contributed by atoms with Crippen molar-refractivity contribution in [1.82, 2.24) is 9.58 Å². The highest BCUT2D eigenvalue weighted by Crippen LogP contribution is 2.39. The summed E-state index contributed by atoms with van der Waals surface area (Å²) in [5.41, 5.74) is 6.45. The molecule has 1 saturated heterocycles. The van der Waals surface area contributed by atoms with Crippen LogP contribution in [0.3, 0.4) is 0 Å². The third-order valence-electron chi connectivity index (χ3n) is 4.86. The van der Waals surface area contributed by atoms with E-state index in [2.05, 4.69) is 9.58 Å². The number of hydrogen-bond donors (Lipinski definition) is 1. The number of carbonyl (C=O) groups excluding carboxylic acids is 2. The number of hydrogen-bond acceptors (Lipinski definition) is 6. The molecule has 2 atom stereocenters. The number of carbonyl (C=O) groups is 2. The molecule has 1 aromatic rings. The summed E-state index contributed by atoms with van der Waals surface area (Å²) in [7, 11) is 2.04. The van der Waals surface area contributed by atoms with Crippen LogP contribution in [0.4, 0.5) is 5.82 Å². The predicted molar refractivity (Wildman–Crippen MR) is 85.6 cm³/mol. The molecule has 24 heavy (non-hydrogen) atoms. The van der Waals surface area contributed by atoms with Gasteiger partial charge in [0.2, 0.25) is 5.91 Å². The Morgan fingerprint density at radius 3 is 3.04 bits per heavy atom. The molecule has 0 aromatic carbocycles. The topological polar surface area (TPSA) is 98.5 Å². The lowest BCUT2D eigenvalue weighted by Gasteiger charge is -2.49. The highest BCUT2D eigenvalue weighted by atomic mass is 32.2. The minimum absolute atomic E-state index is 0.00216. The fourth-order valence-corrected chi connectivity index (χ4v) is 4.90. The molecule has 0 aliphatic carbocycles. The number of aromatic nitrogens is 2. The summed E-state index contributed by atoms with van der Waals surface area (Å²) < 4.78 is 4.15.